The number of halogens is 5. The minimum Gasteiger partial charge on any atom is -0.382 e. The quantitative estimate of drug-likeness (QED) is 0.768. The van der Waals surface area contributed by atoms with Crippen molar-refractivity contribution in [2.45, 2.75) is 36.2 Å². The lowest BCUT2D eigenvalue weighted by molar-refractivity contribution is -0.123. The summed E-state index contributed by atoms with van der Waals surface area (Å²) in [5.74, 6) is -5.80. The zero-order valence-corrected chi connectivity index (χ0v) is 14.9. The van der Waals surface area contributed by atoms with E-state index in [-0.39, 0.29) is 17.8 Å². The SMILES string of the molecule is N#CCS(=O)(=O)c1cn(-c2ccc(F)c(C(F)F)c2)c2c1[C@H](O)C(F)(F)CC2. The molecule has 0 fully saturated rings. The molecule has 1 heterocycles. The van der Waals surface area contributed by atoms with Crippen LogP contribution in [-0.2, 0) is 16.3 Å². The van der Waals surface area contributed by atoms with E-state index in [0.717, 1.165) is 29.0 Å². The standard InChI is InChI=1S/C17H13F5N2O3S/c18-11-2-1-9(7-10(11)16(19)20)24-8-13(28(26,27)6-5-23)14-12(24)3-4-17(21,22)15(14)25/h1-2,7-8,15-16,25H,3-4,6H2/t15-/m0/s1. The molecule has 3 rings (SSSR count). The van der Waals surface area contributed by atoms with Gasteiger partial charge in [-0.15, -0.1) is 0 Å². The molecule has 2 aromatic rings. The fraction of sp³-hybridized carbons (Fsp3) is 0.353. The van der Waals surface area contributed by atoms with E-state index in [1.165, 1.54) is 6.07 Å². The third-order valence-electron chi connectivity index (χ3n) is 4.56. The second kappa shape index (κ2) is 6.86. The summed E-state index contributed by atoms with van der Waals surface area (Å²) in [6, 6.07) is 4.03. The van der Waals surface area contributed by atoms with E-state index in [9.17, 15) is 35.5 Å². The minimum absolute atomic E-state index is 0.0261. The van der Waals surface area contributed by atoms with Gasteiger partial charge in [-0.1, -0.05) is 0 Å². The van der Waals surface area contributed by atoms with Gasteiger partial charge in [-0.2, -0.15) is 5.26 Å². The van der Waals surface area contributed by atoms with Crippen molar-refractivity contribution in [1.82, 2.24) is 4.57 Å². The third kappa shape index (κ3) is 3.27. The van der Waals surface area contributed by atoms with Crippen LogP contribution in [0.3, 0.4) is 0 Å². The number of alkyl halides is 4. The predicted molar refractivity (Wildman–Crippen MR) is 86.6 cm³/mol. The molecule has 0 radical (unpaired) electrons. The van der Waals surface area contributed by atoms with Crippen LogP contribution in [0.4, 0.5) is 22.0 Å². The van der Waals surface area contributed by atoms with Crippen molar-refractivity contribution >= 4 is 9.84 Å². The molecule has 0 amide bonds. The molecule has 1 aromatic heterocycles. The first-order valence-corrected chi connectivity index (χ1v) is 9.62. The van der Waals surface area contributed by atoms with E-state index in [2.05, 4.69) is 0 Å². The Hall–Kier alpha value is -2.45. The zero-order valence-electron chi connectivity index (χ0n) is 14.0. The number of aliphatic hydroxyl groups is 1. The predicted octanol–water partition coefficient (Wildman–Crippen LogP) is 3.47. The number of nitriles is 1. The molecule has 11 heteroatoms. The van der Waals surface area contributed by atoms with Crippen molar-refractivity contribution in [3.05, 3.63) is 47.0 Å². The van der Waals surface area contributed by atoms with Crippen LogP contribution in [0.1, 0.15) is 35.8 Å². The second-order valence-electron chi connectivity index (χ2n) is 6.31. The van der Waals surface area contributed by atoms with E-state index in [4.69, 9.17) is 5.26 Å². The van der Waals surface area contributed by atoms with Crippen LogP contribution in [0.25, 0.3) is 5.69 Å². The summed E-state index contributed by atoms with van der Waals surface area (Å²) in [6.45, 7) is 0. The van der Waals surface area contributed by atoms with Crippen molar-refractivity contribution in [2.75, 3.05) is 5.75 Å². The van der Waals surface area contributed by atoms with Gasteiger partial charge in [0.05, 0.1) is 16.5 Å². The van der Waals surface area contributed by atoms with Gasteiger partial charge in [0.2, 0.25) is 0 Å². The average Bonchev–Trinajstić information content (AvgIpc) is 2.99. The highest BCUT2D eigenvalue weighted by Gasteiger charge is 2.47. The number of rotatable bonds is 4. The first kappa shape index (κ1) is 20.3. The third-order valence-corrected chi connectivity index (χ3v) is 6.07. The van der Waals surface area contributed by atoms with Gasteiger partial charge in [0, 0.05) is 29.6 Å². The number of hydrogen-bond acceptors (Lipinski definition) is 4. The van der Waals surface area contributed by atoms with Gasteiger partial charge in [-0.05, 0) is 24.6 Å². The Kier molecular flexibility index (Phi) is 4.97. The van der Waals surface area contributed by atoms with E-state index in [0.29, 0.717) is 0 Å². The number of sulfone groups is 1. The van der Waals surface area contributed by atoms with Gasteiger partial charge in [0.1, 0.15) is 17.7 Å². The Morgan fingerprint density at radius 1 is 1.36 bits per heavy atom. The van der Waals surface area contributed by atoms with Crippen LogP contribution >= 0.6 is 0 Å². The highest BCUT2D eigenvalue weighted by atomic mass is 32.2. The van der Waals surface area contributed by atoms with Crippen molar-refractivity contribution in [3.63, 3.8) is 0 Å². The summed E-state index contributed by atoms with van der Waals surface area (Å²) in [6.07, 6.45) is -5.86. The largest absolute Gasteiger partial charge is 0.382 e. The van der Waals surface area contributed by atoms with Gasteiger partial charge in [-0.25, -0.2) is 30.4 Å². The lowest BCUT2D eigenvalue weighted by Gasteiger charge is -2.29. The molecule has 0 aliphatic heterocycles. The summed E-state index contributed by atoms with van der Waals surface area (Å²) in [5.41, 5.74) is -1.62. The van der Waals surface area contributed by atoms with E-state index < -0.39 is 62.3 Å². The number of fused-ring (bicyclic) bond motifs is 1. The summed E-state index contributed by atoms with van der Waals surface area (Å²) >= 11 is 0. The summed E-state index contributed by atoms with van der Waals surface area (Å²) < 4.78 is 93.4. The molecule has 150 valence electrons. The molecular formula is C17H13F5N2O3S. The molecule has 1 aliphatic rings. The number of benzene rings is 1. The van der Waals surface area contributed by atoms with Gasteiger partial charge in [0.25, 0.3) is 12.3 Å². The Labute approximate surface area is 156 Å². The van der Waals surface area contributed by atoms with E-state index in [1.54, 1.807) is 0 Å². The molecule has 5 nitrogen and oxygen atoms in total. The van der Waals surface area contributed by atoms with Gasteiger partial charge < -0.3 is 9.67 Å². The van der Waals surface area contributed by atoms with E-state index >= 15 is 0 Å². The number of aromatic nitrogens is 1. The van der Waals surface area contributed by atoms with Crippen LogP contribution in [0.5, 0.6) is 0 Å². The van der Waals surface area contributed by atoms with Gasteiger partial charge in [-0.3, -0.25) is 0 Å². The van der Waals surface area contributed by atoms with Crippen molar-refractivity contribution in [3.8, 4) is 11.8 Å². The Morgan fingerprint density at radius 3 is 2.64 bits per heavy atom. The minimum atomic E-state index is -4.35. The van der Waals surface area contributed by atoms with E-state index in [1.807, 2.05) is 0 Å². The monoisotopic (exact) mass is 420 g/mol. The Bertz CT molecular complexity index is 1070. The van der Waals surface area contributed by atoms with Crippen LogP contribution in [0, 0.1) is 17.1 Å². The topological polar surface area (TPSA) is 83.1 Å². The van der Waals surface area contributed by atoms with Crippen LogP contribution in [-0.4, -0.2) is 29.8 Å². The molecule has 1 atom stereocenters. The Balaban J connectivity index is 2.29. The molecule has 0 bridgehead atoms. The normalized spacial score (nSPS) is 18.7. The molecule has 1 N–H and O–H groups in total. The maximum atomic E-state index is 14.0. The van der Waals surface area contributed by atoms with Gasteiger partial charge >= 0.3 is 0 Å². The molecule has 1 aromatic carbocycles. The van der Waals surface area contributed by atoms with Crippen LogP contribution < -0.4 is 0 Å². The highest BCUT2D eigenvalue weighted by Crippen LogP contribution is 2.45. The van der Waals surface area contributed by atoms with Crippen molar-refractivity contribution in [1.29, 1.82) is 5.26 Å². The lowest BCUT2D eigenvalue weighted by atomic mass is 9.91. The van der Waals surface area contributed by atoms with Crippen molar-refractivity contribution < 1.29 is 35.5 Å². The first-order chi connectivity index (χ1) is 13.0. The molecule has 0 unspecified atom stereocenters. The van der Waals surface area contributed by atoms with Crippen LogP contribution in [0.2, 0.25) is 0 Å². The fourth-order valence-electron chi connectivity index (χ4n) is 3.21. The molecule has 1 aliphatic carbocycles. The number of nitrogens with zero attached hydrogens (tertiary/aromatic N) is 2. The summed E-state index contributed by atoms with van der Waals surface area (Å²) in [5, 5.41) is 18.8. The molecule has 0 saturated carbocycles. The summed E-state index contributed by atoms with van der Waals surface area (Å²) in [4.78, 5) is -0.682. The first-order valence-electron chi connectivity index (χ1n) is 7.97. The molecule has 0 spiro atoms. The zero-order chi connectivity index (χ0) is 20.9. The molecule has 28 heavy (non-hydrogen) atoms. The fourth-order valence-corrected chi connectivity index (χ4v) is 4.36. The average molecular weight is 420 g/mol. The second-order valence-corrected chi connectivity index (χ2v) is 8.27. The van der Waals surface area contributed by atoms with Gasteiger partial charge in [0.15, 0.2) is 9.84 Å². The molecular weight excluding hydrogens is 407 g/mol. The van der Waals surface area contributed by atoms with Crippen LogP contribution in [0.15, 0.2) is 29.3 Å². The Morgan fingerprint density at radius 2 is 2.04 bits per heavy atom. The number of aliphatic hydroxyl groups excluding tert-OH is 1. The maximum absolute atomic E-state index is 14.0. The molecule has 0 saturated heterocycles. The summed E-state index contributed by atoms with van der Waals surface area (Å²) in [7, 11) is -4.35. The smallest absolute Gasteiger partial charge is 0.278 e. The maximum Gasteiger partial charge on any atom is 0.278 e. The van der Waals surface area contributed by atoms with Crippen molar-refractivity contribution in [2.24, 2.45) is 0 Å². The highest BCUT2D eigenvalue weighted by molar-refractivity contribution is 7.91. The number of hydrogen-bond donors (Lipinski definition) is 1. The lowest BCUT2D eigenvalue weighted by Crippen LogP contribution is -2.33.